The van der Waals surface area contributed by atoms with E-state index in [2.05, 4.69) is 15.3 Å². The maximum Gasteiger partial charge on any atom is 0.271 e. The first kappa shape index (κ1) is 15.4. The molecule has 0 aliphatic rings. The minimum absolute atomic E-state index is 0.0592. The lowest BCUT2D eigenvalue weighted by Crippen LogP contribution is -2.39. The Hall–Kier alpha value is -2.01. The molecule has 0 bridgehead atoms. The topological polar surface area (TPSA) is 75.1 Å². The highest BCUT2D eigenvalue weighted by atomic mass is 16.3. The third kappa shape index (κ3) is 3.36. The van der Waals surface area contributed by atoms with Crippen LogP contribution in [-0.2, 0) is 0 Å². The van der Waals surface area contributed by atoms with Crippen LogP contribution >= 0.6 is 0 Å². The molecule has 1 heterocycles. The Bertz CT molecular complexity index is 615. The monoisotopic (exact) mass is 287 g/mol. The van der Waals surface area contributed by atoms with Crippen LogP contribution in [0, 0.1) is 5.41 Å². The van der Waals surface area contributed by atoms with E-state index in [0.29, 0.717) is 17.8 Å². The van der Waals surface area contributed by atoms with E-state index in [1.165, 1.54) is 6.20 Å². The van der Waals surface area contributed by atoms with Gasteiger partial charge in [0.2, 0.25) is 0 Å². The molecular weight excluding hydrogens is 266 g/mol. The van der Waals surface area contributed by atoms with Crippen LogP contribution in [0.15, 0.2) is 30.5 Å². The van der Waals surface area contributed by atoms with Crippen molar-refractivity contribution in [1.29, 1.82) is 0 Å². The first-order valence-electron chi connectivity index (χ1n) is 7.25. The fourth-order valence-electron chi connectivity index (χ4n) is 2.20. The summed E-state index contributed by atoms with van der Waals surface area (Å²) >= 11 is 0. The molecule has 1 amide bonds. The second kappa shape index (κ2) is 6.63. The van der Waals surface area contributed by atoms with Gasteiger partial charge in [-0.05, 0) is 25.0 Å². The smallest absolute Gasteiger partial charge is 0.271 e. The fraction of sp³-hybridized carbons (Fsp3) is 0.438. The van der Waals surface area contributed by atoms with Crippen molar-refractivity contribution >= 4 is 16.9 Å². The highest BCUT2D eigenvalue weighted by Gasteiger charge is 2.26. The van der Waals surface area contributed by atoms with Gasteiger partial charge in [0.1, 0.15) is 5.69 Å². The molecule has 1 aromatic heterocycles. The molecule has 0 saturated carbocycles. The zero-order valence-electron chi connectivity index (χ0n) is 12.5. The molecule has 0 saturated heterocycles. The van der Waals surface area contributed by atoms with Crippen LogP contribution in [0.4, 0.5) is 0 Å². The second-order valence-corrected chi connectivity index (χ2v) is 5.29. The van der Waals surface area contributed by atoms with E-state index in [1.807, 2.05) is 38.1 Å². The maximum atomic E-state index is 12.2. The molecule has 1 aromatic carbocycles. The van der Waals surface area contributed by atoms with Crippen LogP contribution in [0.1, 0.15) is 37.2 Å². The first-order valence-corrected chi connectivity index (χ1v) is 7.25. The number of carbonyl (C=O) groups excluding carboxylic acids is 1. The van der Waals surface area contributed by atoms with E-state index >= 15 is 0 Å². The molecule has 21 heavy (non-hydrogen) atoms. The van der Waals surface area contributed by atoms with Gasteiger partial charge >= 0.3 is 0 Å². The number of aliphatic hydroxyl groups excluding tert-OH is 1. The molecule has 0 fully saturated rings. The first-order chi connectivity index (χ1) is 10.1. The molecular formula is C16H21N3O2. The Balaban J connectivity index is 2.11. The highest BCUT2D eigenvalue weighted by molar-refractivity contribution is 5.93. The molecule has 5 nitrogen and oxygen atoms in total. The van der Waals surface area contributed by atoms with E-state index in [9.17, 15) is 9.90 Å². The normalized spacial score (nSPS) is 11.6. The van der Waals surface area contributed by atoms with Crippen molar-refractivity contribution in [2.45, 2.75) is 26.7 Å². The lowest BCUT2D eigenvalue weighted by atomic mass is 9.83. The third-order valence-electron chi connectivity index (χ3n) is 4.14. The summed E-state index contributed by atoms with van der Waals surface area (Å²) in [6.07, 6.45) is 3.10. The Labute approximate surface area is 124 Å². The minimum atomic E-state index is -0.264. The summed E-state index contributed by atoms with van der Waals surface area (Å²) in [6.45, 7) is 4.52. The van der Waals surface area contributed by atoms with Gasteiger partial charge in [-0.2, -0.15) is 0 Å². The summed E-state index contributed by atoms with van der Waals surface area (Å²) in [5.41, 5.74) is 1.50. The van der Waals surface area contributed by atoms with Gasteiger partial charge in [-0.15, -0.1) is 0 Å². The van der Waals surface area contributed by atoms with Crippen molar-refractivity contribution in [3.8, 4) is 0 Å². The van der Waals surface area contributed by atoms with Crippen LogP contribution in [0.3, 0.4) is 0 Å². The number of nitrogens with one attached hydrogen (secondary N) is 1. The Kier molecular flexibility index (Phi) is 4.85. The summed E-state index contributed by atoms with van der Waals surface area (Å²) in [5, 5.41) is 12.4. The van der Waals surface area contributed by atoms with E-state index in [1.54, 1.807) is 0 Å². The van der Waals surface area contributed by atoms with Crippen LogP contribution in [0.2, 0.25) is 0 Å². The number of rotatable bonds is 6. The minimum Gasteiger partial charge on any atom is -0.396 e. The summed E-state index contributed by atoms with van der Waals surface area (Å²) in [5.74, 6) is -0.257. The van der Waals surface area contributed by atoms with Crippen LogP contribution < -0.4 is 5.32 Å². The van der Waals surface area contributed by atoms with Crippen molar-refractivity contribution < 1.29 is 9.90 Å². The molecule has 0 aliphatic carbocycles. The van der Waals surface area contributed by atoms with E-state index in [4.69, 9.17) is 0 Å². The van der Waals surface area contributed by atoms with Crippen LogP contribution in [0.25, 0.3) is 11.0 Å². The molecule has 2 aromatic rings. The number of hydrogen-bond acceptors (Lipinski definition) is 4. The molecule has 0 radical (unpaired) electrons. The summed E-state index contributed by atoms with van der Waals surface area (Å²) in [7, 11) is 0. The number of nitrogens with zero attached hydrogens (tertiary/aromatic N) is 2. The Morgan fingerprint density at radius 2 is 1.90 bits per heavy atom. The lowest BCUT2D eigenvalue weighted by Gasteiger charge is -2.29. The van der Waals surface area contributed by atoms with Gasteiger partial charge in [-0.25, -0.2) is 4.98 Å². The van der Waals surface area contributed by atoms with Crippen molar-refractivity contribution in [1.82, 2.24) is 15.3 Å². The summed E-state index contributed by atoms with van der Waals surface area (Å²) in [4.78, 5) is 20.7. The van der Waals surface area contributed by atoms with E-state index < -0.39 is 0 Å². The predicted octanol–water partition coefficient (Wildman–Crippen LogP) is 2.16. The fourth-order valence-corrected chi connectivity index (χ4v) is 2.20. The Morgan fingerprint density at radius 3 is 2.52 bits per heavy atom. The molecule has 0 spiro atoms. The number of benzene rings is 1. The van der Waals surface area contributed by atoms with Gasteiger partial charge in [0.25, 0.3) is 5.91 Å². The van der Waals surface area contributed by atoms with E-state index in [-0.39, 0.29) is 17.9 Å². The quantitative estimate of drug-likeness (QED) is 0.853. The average molecular weight is 287 g/mol. The molecule has 0 aliphatic heterocycles. The number of hydrogen-bond donors (Lipinski definition) is 2. The number of aromatic nitrogens is 2. The summed E-state index contributed by atoms with van der Waals surface area (Å²) in [6, 6.07) is 7.43. The van der Waals surface area contributed by atoms with Crippen molar-refractivity contribution in [3.63, 3.8) is 0 Å². The second-order valence-electron chi connectivity index (χ2n) is 5.29. The zero-order valence-corrected chi connectivity index (χ0v) is 12.5. The molecule has 112 valence electrons. The number of fused-ring (bicyclic) bond motifs is 1. The van der Waals surface area contributed by atoms with Gasteiger partial charge in [0.05, 0.1) is 23.8 Å². The van der Waals surface area contributed by atoms with Gasteiger partial charge < -0.3 is 10.4 Å². The number of aliphatic hydroxyl groups is 1. The zero-order chi connectivity index (χ0) is 15.3. The number of carbonyl (C=O) groups is 1. The predicted molar refractivity (Wildman–Crippen MR) is 82.0 cm³/mol. The van der Waals surface area contributed by atoms with Gasteiger partial charge in [-0.3, -0.25) is 9.78 Å². The largest absolute Gasteiger partial charge is 0.396 e. The third-order valence-corrected chi connectivity index (χ3v) is 4.14. The molecule has 0 unspecified atom stereocenters. The van der Waals surface area contributed by atoms with Crippen LogP contribution in [0.5, 0.6) is 0 Å². The van der Waals surface area contributed by atoms with Crippen molar-refractivity contribution in [3.05, 3.63) is 36.2 Å². The van der Waals surface area contributed by atoms with Gasteiger partial charge in [-0.1, -0.05) is 26.0 Å². The average Bonchev–Trinajstić information content (AvgIpc) is 2.56. The maximum absolute atomic E-state index is 12.2. The van der Waals surface area contributed by atoms with Crippen molar-refractivity contribution in [2.24, 2.45) is 5.41 Å². The molecule has 0 atom stereocenters. The summed E-state index contributed by atoms with van der Waals surface area (Å²) < 4.78 is 0. The van der Waals surface area contributed by atoms with Gasteiger partial charge in [0.15, 0.2) is 0 Å². The number of para-hydroxylation sites is 2. The SMILES string of the molecule is CCC(CC)(CO)CNC(=O)c1cnc2ccccc2n1. The van der Waals surface area contributed by atoms with Crippen LogP contribution in [-0.4, -0.2) is 34.1 Å². The molecule has 2 N–H and O–H groups in total. The van der Waals surface area contributed by atoms with Crippen molar-refractivity contribution in [2.75, 3.05) is 13.2 Å². The highest BCUT2D eigenvalue weighted by Crippen LogP contribution is 2.24. The Morgan fingerprint density at radius 1 is 1.24 bits per heavy atom. The number of amides is 1. The molecule has 2 rings (SSSR count). The van der Waals surface area contributed by atoms with Gasteiger partial charge in [0, 0.05) is 12.0 Å². The lowest BCUT2D eigenvalue weighted by molar-refractivity contribution is 0.0847. The standard InChI is InChI=1S/C16H21N3O2/c1-3-16(4-2,11-20)10-18-15(21)14-9-17-12-7-5-6-8-13(12)19-14/h5-9,20H,3-4,10-11H2,1-2H3,(H,18,21). The van der Waals surface area contributed by atoms with E-state index in [0.717, 1.165) is 18.4 Å². The molecule has 5 heteroatoms.